The molecule has 1 fully saturated rings. The summed E-state index contributed by atoms with van der Waals surface area (Å²) in [5.74, 6) is 3.50. The van der Waals surface area contributed by atoms with Crippen LogP contribution in [0.15, 0.2) is 30.6 Å². The van der Waals surface area contributed by atoms with Crippen LogP contribution in [-0.4, -0.2) is 57.2 Å². The van der Waals surface area contributed by atoms with E-state index in [1.807, 2.05) is 23.9 Å². The van der Waals surface area contributed by atoms with Gasteiger partial charge in [0.2, 0.25) is 5.88 Å². The van der Waals surface area contributed by atoms with Crippen molar-refractivity contribution in [1.82, 2.24) is 14.9 Å². The van der Waals surface area contributed by atoms with E-state index >= 15 is 0 Å². The highest BCUT2D eigenvalue weighted by molar-refractivity contribution is 7.99. The van der Waals surface area contributed by atoms with E-state index in [-0.39, 0.29) is 0 Å². The van der Waals surface area contributed by atoms with Crippen LogP contribution in [0, 0.1) is 0 Å². The average Bonchev–Trinajstić information content (AvgIpc) is 3.06. The summed E-state index contributed by atoms with van der Waals surface area (Å²) in [6.45, 7) is 3.45. The van der Waals surface area contributed by atoms with Crippen molar-refractivity contribution in [2.45, 2.75) is 13.0 Å². The van der Waals surface area contributed by atoms with Gasteiger partial charge in [0.15, 0.2) is 0 Å². The number of carbonyl (C=O) groups is 1. The van der Waals surface area contributed by atoms with Gasteiger partial charge in [0.25, 0.3) is 0 Å². The molecule has 2 aliphatic rings. The molecule has 2 aromatic rings. The third kappa shape index (κ3) is 3.76. The van der Waals surface area contributed by atoms with Gasteiger partial charge in [-0.15, -0.1) is 0 Å². The molecular weight excluding hydrogens is 352 g/mol. The molecule has 0 radical (unpaired) electrons. The number of benzene rings is 1. The molecule has 0 bridgehead atoms. The molecule has 4 rings (SSSR count). The zero-order chi connectivity index (χ0) is 17.9. The molecule has 8 heteroatoms. The number of thioether (sulfide) groups is 1. The van der Waals surface area contributed by atoms with Crippen molar-refractivity contribution >= 4 is 23.5 Å². The van der Waals surface area contributed by atoms with Gasteiger partial charge >= 0.3 is 6.09 Å². The normalized spacial score (nSPS) is 17.2. The van der Waals surface area contributed by atoms with Gasteiger partial charge in [-0.25, -0.2) is 14.8 Å². The van der Waals surface area contributed by atoms with Crippen LogP contribution in [0.5, 0.6) is 11.6 Å². The molecular formula is C18H20N4O3S. The Bertz CT molecular complexity index is 811. The molecule has 1 aromatic heterocycles. The van der Waals surface area contributed by atoms with E-state index in [1.165, 1.54) is 11.2 Å². The summed E-state index contributed by atoms with van der Waals surface area (Å²) in [6, 6.07) is 7.34. The minimum Gasteiger partial charge on any atom is -0.465 e. The Balaban J connectivity index is 1.46. The van der Waals surface area contributed by atoms with E-state index in [2.05, 4.69) is 14.9 Å². The smallest absolute Gasteiger partial charge is 0.411 e. The minimum absolute atomic E-state index is 0.486. The number of fused-ring (bicyclic) bond motifs is 1. The maximum absolute atomic E-state index is 11.2. The molecule has 0 saturated carbocycles. The van der Waals surface area contributed by atoms with Crippen LogP contribution in [0.25, 0.3) is 0 Å². The summed E-state index contributed by atoms with van der Waals surface area (Å²) in [6.07, 6.45) is 1.30. The summed E-state index contributed by atoms with van der Waals surface area (Å²) in [5, 5.41) is 9.20. The van der Waals surface area contributed by atoms with Gasteiger partial charge in [-0.2, -0.15) is 11.8 Å². The Morgan fingerprint density at radius 3 is 2.85 bits per heavy atom. The number of hydrogen-bond acceptors (Lipinski definition) is 6. The van der Waals surface area contributed by atoms with Crippen molar-refractivity contribution in [3.63, 3.8) is 0 Å². The zero-order valence-corrected chi connectivity index (χ0v) is 15.1. The van der Waals surface area contributed by atoms with E-state index in [0.29, 0.717) is 24.6 Å². The molecule has 0 aliphatic carbocycles. The summed E-state index contributed by atoms with van der Waals surface area (Å²) in [4.78, 5) is 23.5. The Labute approximate surface area is 156 Å². The average molecular weight is 372 g/mol. The number of nitrogens with zero attached hydrogens (tertiary/aromatic N) is 4. The van der Waals surface area contributed by atoms with Crippen molar-refractivity contribution in [3.05, 3.63) is 41.9 Å². The molecule has 1 aromatic carbocycles. The second-order valence-electron chi connectivity index (χ2n) is 6.31. The van der Waals surface area contributed by atoms with Gasteiger partial charge in [-0.3, -0.25) is 9.80 Å². The molecule has 3 heterocycles. The van der Waals surface area contributed by atoms with Crippen LogP contribution < -0.4 is 9.64 Å². The van der Waals surface area contributed by atoms with Crippen LogP contribution in [0.1, 0.15) is 11.3 Å². The maximum atomic E-state index is 11.2. The molecule has 1 N–H and O–H groups in total. The lowest BCUT2D eigenvalue weighted by Crippen LogP contribution is -2.32. The molecule has 26 heavy (non-hydrogen) atoms. The third-order valence-corrected chi connectivity index (χ3v) is 5.53. The monoisotopic (exact) mass is 372 g/mol. The van der Waals surface area contributed by atoms with E-state index in [4.69, 9.17) is 4.74 Å². The van der Waals surface area contributed by atoms with Crippen molar-refractivity contribution in [2.75, 3.05) is 36.0 Å². The number of rotatable bonds is 4. The van der Waals surface area contributed by atoms with Crippen molar-refractivity contribution < 1.29 is 14.6 Å². The lowest BCUT2D eigenvalue weighted by molar-refractivity contribution is 0.202. The number of hydrogen-bond donors (Lipinski definition) is 1. The van der Waals surface area contributed by atoms with Gasteiger partial charge < -0.3 is 9.84 Å². The van der Waals surface area contributed by atoms with Crippen LogP contribution in [-0.2, 0) is 13.0 Å². The van der Waals surface area contributed by atoms with Gasteiger partial charge in [-0.05, 0) is 30.2 Å². The van der Waals surface area contributed by atoms with E-state index in [9.17, 15) is 9.90 Å². The summed E-state index contributed by atoms with van der Waals surface area (Å²) < 4.78 is 5.89. The Hall–Kier alpha value is -2.32. The molecule has 136 valence electrons. The zero-order valence-electron chi connectivity index (χ0n) is 14.3. The van der Waals surface area contributed by atoms with Gasteiger partial charge in [0, 0.05) is 43.8 Å². The summed E-state index contributed by atoms with van der Waals surface area (Å²) in [5.41, 5.74) is 2.65. The number of aromatic nitrogens is 2. The predicted molar refractivity (Wildman–Crippen MR) is 100 cm³/mol. The van der Waals surface area contributed by atoms with Crippen LogP contribution in [0.4, 0.5) is 10.5 Å². The first kappa shape index (κ1) is 17.1. The molecule has 7 nitrogen and oxygen atoms in total. The second-order valence-corrected chi connectivity index (χ2v) is 7.54. The minimum atomic E-state index is -0.922. The van der Waals surface area contributed by atoms with E-state index < -0.39 is 6.09 Å². The molecule has 1 amide bonds. The lowest BCUT2D eigenvalue weighted by atomic mass is 10.1. The highest BCUT2D eigenvalue weighted by atomic mass is 32.2. The SMILES string of the molecule is O=C(O)N1CCc2cc(Oc3cc(CN4CCSCC4)ncn3)ccc21. The first-order valence-electron chi connectivity index (χ1n) is 8.61. The first-order chi connectivity index (χ1) is 12.7. The van der Waals surface area contributed by atoms with E-state index in [0.717, 1.165) is 48.1 Å². The highest BCUT2D eigenvalue weighted by Crippen LogP contribution is 2.32. The number of carboxylic acid groups (broad SMARTS) is 1. The third-order valence-electron chi connectivity index (χ3n) is 4.59. The topological polar surface area (TPSA) is 78.8 Å². The van der Waals surface area contributed by atoms with E-state index in [1.54, 1.807) is 12.1 Å². The lowest BCUT2D eigenvalue weighted by Gasteiger charge is -2.25. The Morgan fingerprint density at radius 2 is 2.04 bits per heavy atom. The highest BCUT2D eigenvalue weighted by Gasteiger charge is 2.24. The summed E-state index contributed by atoms with van der Waals surface area (Å²) >= 11 is 1.99. The molecule has 2 aliphatic heterocycles. The predicted octanol–water partition coefficient (Wildman–Crippen LogP) is 2.86. The largest absolute Gasteiger partial charge is 0.465 e. The molecule has 0 spiro atoms. The fourth-order valence-electron chi connectivity index (χ4n) is 3.27. The second kappa shape index (κ2) is 7.51. The van der Waals surface area contributed by atoms with Crippen molar-refractivity contribution in [1.29, 1.82) is 0 Å². The fourth-order valence-corrected chi connectivity index (χ4v) is 4.25. The molecule has 0 unspecified atom stereocenters. The Morgan fingerprint density at radius 1 is 1.19 bits per heavy atom. The molecule has 1 saturated heterocycles. The van der Waals surface area contributed by atoms with Gasteiger partial charge in [-0.1, -0.05) is 0 Å². The van der Waals surface area contributed by atoms with Gasteiger partial charge in [0.05, 0.1) is 11.4 Å². The Kier molecular flexibility index (Phi) is 4.94. The fraction of sp³-hybridized carbons (Fsp3) is 0.389. The standard InChI is InChI=1S/C18H20N4O3S/c23-18(24)22-4-3-13-9-15(1-2-16(13)22)25-17-10-14(19-12-20-17)11-21-5-7-26-8-6-21/h1-2,9-10,12H,3-8,11H2,(H,23,24). The van der Waals surface area contributed by atoms with Crippen LogP contribution in [0.2, 0.25) is 0 Å². The molecule has 0 atom stereocenters. The van der Waals surface area contributed by atoms with Crippen LogP contribution >= 0.6 is 11.8 Å². The van der Waals surface area contributed by atoms with Crippen molar-refractivity contribution in [3.8, 4) is 11.6 Å². The number of ether oxygens (including phenoxy) is 1. The maximum Gasteiger partial charge on any atom is 0.411 e. The van der Waals surface area contributed by atoms with Crippen molar-refractivity contribution in [2.24, 2.45) is 0 Å². The van der Waals surface area contributed by atoms with Gasteiger partial charge in [0.1, 0.15) is 12.1 Å². The quantitative estimate of drug-likeness (QED) is 0.884. The summed E-state index contributed by atoms with van der Waals surface area (Å²) in [7, 11) is 0. The number of amides is 1. The first-order valence-corrected chi connectivity index (χ1v) is 9.77. The van der Waals surface area contributed by atoms with Crippen LogP contribution in [0.3, 0.4) is 0 Å². The number of anilines is 1.